The molecular weight excluding hydrogens is 372 g/mol. The maximum Gasteiger partial charge on any atom is 0.203 e. The summed E-state index contributed by atoms with van der Waals surface area (Å²) in [5.74, 6) is 0.874. The predicted molar refractivity (Wildman–Crippen MR) is 115 cm³/mol. The van der Waals surface area contributed by atoms with Crippen molar-refractivity contribution in [1.29, 1.82) is 5.41 Å². The van der Waals surface area contributed by atoms with Crippen LogP contribution in [-0.4, -0.2) is 40.3 Å². The maximum absolute atomic E-state index is 8.73. The molecule has 1 aliphatic heterocycles. The van der Waals surface area contributed by atoms with Crippen LogP contribution in [0, 0.1) is 5.41 Å². The quantitative estimate of drug-likeness (QED) is 0.653. The molecule has 1 aromatic heterocycles. The summed E-state index contributed by atoms with van der Waals surface area (Å²) in [6.07, 6.45) is 3.96. The van der Waals surface area contributed by atoms with Crippen molar-refractivity contribution in [1.82, 2.24) is 14.0 Å². The first-order valence-electron chi connectivity index (χ1n) is 9.96. The Bertz CT molecular complexity index is 929. The SMILES string of the molecule is Cl.N=c1n(CCOc2ccccc2)c2ccccc2n1CCN1CCCCC1. The fourth-order valence-corrected chi connectivity index (χ4v) is 3.94. The number of nitrogens with one attached hydrogen (secondary N) is 1. The van der Waals surface area contributed by atoms with Crippen molar-refractivity contribution in [3.8, 4) is 5.75 Å². The van der Waals surface area contributed by atoms with E-state index in [1.807, 2.05) is 36.4 Å². The summed E-state index contributed by atoms with van der Waals surface area (Å²) in [7, 11) is 0. The number of hydrogen-bond donors (Lipinski definition) is 1. The van der Waals surface area contributed by atoms with E-state index >= 15 is 0 Å². The number of ether oxygens (including phenoxy) is 1. The van der Waals surface area contributed by atoms with Gasteiger partial charge in [0.05, 0.1) is 17.6 Å². The smallest absolute Gasteiger partial charge is 0.203 e. The van der Waals surface area contributed by atoms with Crippen LogP contribution in [0.2, 0.25) is 0 Å². The highest BCUT2D eigenvalue weighted by molar-refractivity contribution is 5.85. The number of para-hydroxylation sites is 3. The van der Waals surface area contributed by atoms with E-state index in [4.69, 9.17) is 10.1 Å². The van der Waals surface area contributed by atoms with Crippen LogP contribution < -0.4 is 10.4 Å². The minimum absolute atomic E-state index is 0. The van der Waals surface area contributed by atoms with Gasteiger partial charge in [-0.25, -0.2) is 0 Å². The van der Waals surface area contributed by atoms with Gasteiger partial charge in [-0.3, -0.25) is 5.41 Å². The van der Waals surface area contributed by atoms with E-state index in [1.165, 1.54) is 32.4 Å². The molecule has 0 saturated carbocycles. The minimum Gasteiger partial charge on any atom is -0.492 e. The van der Waals surface area contributed by atoms with Crippen molar-refractivity contribution in [2.45, 2.75) is 32.4 Å². The number of nitrogens with zero attached hydrogens (tertiary/aromatic N) is 3. The normalized spacial score (nSPS) is 14.7. The zero-order valence-corrected chi connectivity index (χ0v) is 17.0. The van der Waals surface area contributed by atoms with Crippen molar-refractivity contribution in [3.05, 3.63) is 60.2 Å². The third-order valence-electron chi connectivity index (χ3n) is 5.39. The summed E-state index contributed by atoms with van der Waals surface area (Å²) < 4.78 is 10.1. The summed E-state index contributed by atoms with van der Waals surface area (Å²) in [6, 6.07) is 18.2. The topological polar surface area (TPSA) is 46.2 Å². The average Bonchev–Trinajstić information content (AvgIpc) is 2.99. The second kappa shape index (κ2) is 9.80. The number of aromatic nitrogens is 2. The van der Waals surface area contributed by atoms with Gasteiger partial charge in [0, 0.05) is 13.1 Å². The lowest BCUT2D eigenvalue weighted by atomic mass is 10.1. The lowest BCUT2D eigenvalue weighted by molar-refractivity contribution is 0.220. The molecule has 1 saturated heterocycles. The lowest BCUT2D eigenvalue weighted by Crippen LogP contribution is -2.35. The standard InChI is InChI=1S/C22H28N4O.ClH/c23-22-25(16-15-24-13-7-2-8-14-24)20-11-5-6-12-21(20)26(22)17-18-27-19-9-3-1-4-10-19;/h1,3-6,9-12,23H,2,7-8,13-18H2;1H. The largest absolute Gasteiger partial charge is 0.492 e. The Morgan fingerprint density at radius 1 is 0.750 bits per heavy atom. The van der Waals surface area contributed by atoms with Gasteiger partial charge in [-0.1, -0.05) is 36.8 Å². The van der Waals surface area contributed by atoms with E-state index < -0.39 is 0 Å². The van der Waals surface area contributed by atoms with Gasteiger partial charge in [-0.2, -0.15) is 0 Å². The predicted octanol–water partition coefficient (Wildman–Crippen LogP) is 3.91. The average molecular weight is 401 g/mol. The van der Waals surface area contributed by atoms with E-state index in [-0.39, 0.29) is 12.4 Å². The van der Waals surface area contributed by atoms with Gasteiger partial charge in [-0.15, -0.1) is 12.4 Å². The van der Waals surface area contributed by atoms with Crippen LogP contribution in [0.5, 0.6) is 5.75 Å². The highest BCUT2D eigenvalue weighted by Crippen LogP contribution is 2.15. The van der Waals surface area contributed by atoms with Gasteiger partial charge in [0.2, 0.25) is 5.62 Å². The molecule has 0 atom stereocenters. The van der Waals surface area contributed by atoms with Crippen molar-refractivity contribution in [3.63, 3.8) is 0 Å². The molecule has 2 aromatic carbocycles. The first-order valence-corrected chi connectivity index (χ1v) is 9.96. The summed E-state index contributed by atoms with van der Waals surface area (Å²) in [5, 5.41) is 8.73. The second-order valence-corrected chi connectivity index (χ2v) is 7.18. The number of halogens is 1. The van der Waals surface area contributed by atoms with Gasteiger partial charge in [0.1, 0.15) is 12.4 Å². The van der Waals surface area contributed by atoms with Crippen molar-refractivity contribution >= 4 is 23.4 Å². The molecule has 2 heterocycles. The highest BCUT2D eigenvalue weighted by Gasteiger charge is 2.13. The summed E-state index contributed by atoms with van der Waals surface area (Å²) >= 11 is 0. The molecule has 3 aromatic rings. The monoisotopic (exact) mass is 400 g/mol. The summed E-state index contributed by atoms with van der Waals surface area (Å²) in [6.45, 7) is 5.50. The van der Waals surface area contributed by atoms with Crippen molar-refractivity contribution in [2.75, 3.05) is 26.2 Å². The Morgan fingerprint density at radius 3 is 2.04 bits per heavy atom. The molecule has 0 amide bonds. The number of hydrogen-bond acceptors (Lipinski definition) is 3. The highest BCUT2D eigenvalue weighted by atomic mass is 35.5. The Hall–Kier alpha value is -2.24. The van der Waals surface area contributed by atoms with Crippen LogP contribution >= 0.6 is 12.4 Å². The van der Waals surface area contributed by atoms with Crippen LogP contribution in [0.1, 0.15) is 19.3 Å². The van der Waals surface area contributed by atoms with E-state index in [1.54, 1.807) is 0 Å². The molecular formula is C22H29ClN4O. The molecule has 0 radical (unpaired) electrons. The number of imidazole rings is 1. The van der Waals surface area contributed by atoms with E-state index in [0.29, 0.717) is 18.8 Å². The first-order chi connectivity index (χ1) is 13.3. The molecule has 150 valence electrons. The first kappa shape index (κ1) is 20.5. The maximum atomic E-state index is 8.73. The molecule has 28 heavy (non-hydrogen) atoms. The van der Waals surface area contributed by atoms with Gasteiger partial charge >= 0.3 is 0 Å². The van der Waals surface area contributed by atoms with Gasteiger partial charge < -0.3 is 18.8 Å². The van der Waals surface area contributed by atoms with Crippen LogP contribution in [0.25, 0.3) is 11.0 Å². The summed E-state index contributed by atoms with van der Waals surface area (Å²) in [4.78, 5) is 2.53. The summed E-state index contributed by atoms with van der Waals surface area (Å²) in [5.41, 5.74) is 2.81. The van der Waals surface area contributed by atoms with Crippen LogP contribution in [0.3, 0.4) is 0 Å². The van der Waals surface area contributed by atoms with Crippen LogP contribution in [0.4, 0.5) is 0 Å². The zero-order chi connectivity index (χ0) is 18.5. The molecule has 5 nitrogen and oxygen atoms in total. The fourth-order valence-electron chi connectivity index (χ4n) is 3.94. The van der Waals surface area contributed by atoms with E-state index in [0.717, 1.165) is 29.9 Å². The molecule has 4 rings (SSSR count). The molecule has 1 aliphatic rings. The number of benzene rings is 2. The van der Waals surface area contributed by atoms with E-state index in [9.17, 15) is 0 Å². The third kappa shape index (κ3) is 4.59. The number of fused-ring (bicyclic) bond motifs is 1. The Morgan fingerprint density at radius 2 is 1.36 bits per heavy atom. The Balaban J connectivity index is 0.00000225. The number of rotatable bonds is 7. The molecule has 1 fully saturated rings. The molecule has 0 spiro atoms. The zero-order valence-electron chi connectivity index (χ0n) is 16.2. The van der Waals surface area contributed by atoms with Gasteiger partial charge in [0.15, 0.2) is 0 Å². The number of likely N-dealkylation sites (tertiary alicyclic amines) is 1. The van der Waals surface area contributed by atoms with E-state index in [2.05, 4.69) is 32.2 Å². The molecule has 6 heteroatoms. The van der Waals surface area contributed by atoms with Gasteiger partial charge in [-0.05, 0) is 50.2 Å². The minimum atomic E-state index is 0. The molecule has 0 aliphatic carbocycles. The molecule has 1 N–H and O–H groups in total. The molecule has 0 unspecified atom stereocenters. The van der Waals surface area contributed by atoms with Crippen molar-refractivity contribution in [2.24, 2.45) is 0 Å². The Kier molecular flexibility index (Phi) is 7.18. The van der Waals surface area contributed by atoms with Gasteiger partial charge in [0.25, 0.3) is 0 Å². The van der Waals surface area contributed by atoms with Crippen molar-refractivity contribution < 1.29 is 4.74 Å². The lowest BCUT2D eigenvalue weighted by Gasteiger charge is -2.26. The van der Waals surface area contributed by atoms with Crippen LogP contribution in [0.15, 0.2) is 54.6 Å². The second-order valence-electron chi connectivity index (χ2n) is 7.18. The van der Waals surface area contributed by atoms with Crippen LogP contribution in [-0.2, 0) is 13.1 Å². The fraction of sp³-hybridized carbons (Fsp3) is 0.409. The number of piperidine rings is 1. The Labute approximate surface area is 172 Å². The molecule has 0 bridgehead atoms. The third-order valence-corrected chi connectivity index (χ3v) is 5.39.